The minimum Gasteiger partial charge on any atom is -0.388 e. The van der Waals surface area contributed by atoms with E-state index in [4.69, 9.17) is 32.1 Å². The van der Waals surface area contributed by atoms with Crippen molar-refractivity contribution >= 4 is 42.1 Å². The van der Waals surface area contributed by atoms with E-state index in [1.165, 1.54) is 32.6 Å². The van der Waals surface area contributed by atoms with E-state index in [0.29, 0.717) is 13.2 Å². The molecule has 0 saturated carbocycles. The van der Waals surface area contributed by atoms with Crippen LogP contribution in [0.4, 0.5) is 0 Å². The molecule has 0 bridgehead atoms. The number of fused-ring (bicyclic) bond motifs is 2. The van der Waals surface area contributed by atoms with Crippen LogP contribution in [0.3, 0.4) is 0 Å². The van der Waals surface area contributed by atoms with Gasteiger partial charge in [-0.3, -0.25) is 0 Å². The molecule has 0 aromatic heterocycles. The molecule has 6 rings (SSSR count). The second-order valence-electron chi connectivity index (χ2n) is 10.8. The predicted octanol–water partition coefficient (Wildman–Crippen LogP) is 9.78. The molecule has 0 unspecified atom stereocenters. The zero-order valence-corrected chi connectivity index (χ0v) is 27.4. The van der Waals surface area contributed by atoms with Gasteiger partial charge in [-0.25, -0.2) is 0 Å². The standard InChI is InChI=1S/C38H34Cl2O2Si/c1-5-41-43(42-6-2,37-25(3)23-35-31(11-7-9-13-33(35)37)27-15-19-29(39)20-16-27)38-26(4)24-36-32(12-8-10-14-34(36)38)28-17-21-30(40)22-18-28/h7-24H,5-6H2,1-4H3. The summed E-state index contributed by atoms with van der Waals surface area (Å²) in [5, 5.41) is 3.80. The fourth-order valence-electron chi connectivity index (χ4n) is 6.50. The SMILES string of the molecule is CCO[Si](OCC)(c1c(C)cc2c(-c3ccc(Cl)cc3)ccccc1-2)c1c(C)cc2c(-c3ccc(Cl)cc3)ccccc1-2. The van der Waals surface area contributed by atoms with Gasteiger partial charge in [-0.15, -0.1) is 0 Å². The Morgan fingerprint density at radius 2 is 0.837 bits per heavy atom. The lowest BCUT2D eigenvalue weighted by Crippen LogP contribution is -2.65. The third-order valence-corrected chi connectivity index (χ3v) is 12.7. The van der Waals surface area contributed by atoms with Crippen LogP contribution in [0.1, 0.15) is 25.0 Å². The normalized spacial score (nSPS) is 11.9. The van der Waals surface area contributed by atoms with Gasteiger partial charge >= 0.3 is 8.56 Å². The minimum atomic E-state index is -3.24. The van der Waals surface area contributed by atoms with E-state index in [9.17, 15) is 0 Å². The highest BCUT2D eigenvalue weighted by atomic mass is 35.5. The first kappa shape index (κ1) is 29.6. The van der Waals surface area contributed by atoms with E-state index in [2.05, 4.69) is 113 Å². The Morgan fingerprint density at radius 3 is 1.19 bits per heavy atom. The Kier molecular flexibility index (Phi) is 8.46. The predicted molar refractivity (Wildman–Crippen MR) is 185 cm³/mol. The monoisotopic (exact) mass is 620 g/mol. The van der Waals surface area contributed by atoms with E-state index in [0.717, 1.165) is 43.4 Å². The fourth-order valence-corrected chi connectivity index (χ4v) is 10.8. The first-order valence-corrected chi connectivity index (χ1v) is 17.3. The molecule has 4 aliphatic carbocycles. The number of hydrogen-bond acceptors (Lipinski definition) is 2. The highest BCUT2D eigenvalue weighted by Gasteiger charge is 2.49. The first-order chi connectivity index (χ1) is 20.9. The van der Waals surface area contributed by atoms with E-state index in [-0.39, 0.29) is 0 Å². The Bertz CT molecular complexity index is 1690. The van der Waals surface area contributed by atoms with Crippen LogP contribution in [0.25, 0.3) is 44.5 Å². The second-order valence-corrected chi connectivity index (χ2v) is 14.5. The van der Waals surface area contributed by atoms with Crippen LogP contribution in [0, 0.1) is 13.8 Å². The van der Waals surface area contributed by atoms with Gasteiger partial charge in [-0.2, -0.15) is 0 Å². The van der Waals surface area contributed by atoms with Crippen LogP contribution in [0.15, 0.2) is 109 Å². The van der Waals surface area contributed by atoms with Crippen molar-refractivity contribution in [3.05, 3.63) is 130 Å². The average Bonchev–Trinajstić information content (AvgIpc) is 3.31. The molecule has 0 spiro atoms. The number of hydrogen-bond donors (Lipinski definition) is 0. The van der Waals surface area contributed by atoms with E-state index in [1.54, 1.807) is 0 Å². The maximum atomic E-state index is 7.00. The largest absolute Gasteiger partial charge is 0.408 e. The summed E-state index contributed by atoms with van der Waals surface area (Å²) in [5.41, 5.74) is 11.6. The third-order valence-electron chi connectivity index (χ3n) is 8.15. The Hall–Kier alpha value is -3.44. The first-order valence-electron chi connectivity index (χ1n) is 14.7. The smallest absolute Gasteiger partial charge is 0.388 e. The van der Waals surface area contributed by atoms with E-state index in [1.807, 2.05) is 24.3 Å². The van der Waals surface area contributed by atoms with Crippen molar-refractivity contribution in [1.82, 2.24) is 0 Å². The lowest BCUT2D eigenvalue weighted by molar-refractivity contribution is 0.208. The molecule has 2 aromatic carbocycles. The molecule has 0 fully saturated rings. The van der Waals surface area contributed by atoms with Gasteiger partial charge in [0.15, 0.2) is 0 Å². The van der Waals surface area contributed by atoms with Gasteiger partial charge in [-0.05, 0) is 108 Å². The lowest BCUT2D eigenvalue weighted by atomic mass is 10.0. The summed E-state index contributed by atoms with van der Waals surface area (Å²) < 4.78 is 14.0. The van der Waals surface area contributed by atoms with Gasteiger partial charge in [0.25, 0.3) is 0 Å². The molecule has 43 heavy (non-hydrogen) atoms. The van der Waals surface area contributed by atoms with Crippen molar-refractivity contribution in [1.29, 1.82) is 0 Å². The lowest BCUT2D eigenvalue weighted by Gasteiger charge is -2.33. The second kappa shape index (κ2) is 12.3. The third kappa shape index (κ3) is 5.30. The van der Waals surface area contributed by atoms with Crippen LogP contribution >= 0.6 is 23.2 Å². The van der Waals surface area contributed by atoms with Crippen molar-refractivity contribution in [2.24, 2.45) is 0 Å². The summed E-state index contributed by atoms with van der Waals surface area (Å²) in [6.45, 7) is 9.60. The molecule has 0 N–H and O–H groups in total. The molecular formula is C38H34Cl2O2Si. The Labute approximate surface area is 265 Å². The van der Waals surface area contributed by atoms with Gasteiger partial charge in [-0.1, -0.05) is 108 Å². The maximum Gasteiger partial charge on any atom is 0.408 e. The molecule has 216 valence electrons. The fraction of sp³-hybridized carbons (Fsp3) is 0.158. The zero-order chi connectivity index (χ0) is 30.1. The average molecular weight is 622 g/mol. The maximum absolute atomic E-state index is 7.00. The molecule has 2 aromatic rings. The zero-order valence-electron chi connectivity index (χ0n) is 24.9. The highest BCUT2D eigenvalue weighted by Crippen LogP contribution is 2.40. The summed E-state index contributed by atoms with van der Waals surface area (Å²) in [6.07, 6.45) is 0. The van der Waals surface area contributed by atoms with Gasteiger partial charge in [0, 0.05) is 33.6 Å². The number of aryl methyl sites for hydroxylation is 2. The highest BCUT2D eigenvalue weighted by molar-refractivity contribution is 6.95. The van der Waals surface area contributed by atoms with Crippen molar-refractivity contribution in [3.63, 3.8) is 0 Å². The molecule has 0 heterocycles. The van der Waals surface area contributed by atoms with Crippen molar-refractivity contribution in [3.8, 4) is 44.5 Å². The van der Waals surface area contributed by atoms with Crippen LogP contribution in [0.5, 0.6) is 0 Å². The summed E-state index contributed by atoms with van der Waals surface area (Å²) in [5.74, 6) is 0. The Morgan fingerprint density at radius 1 is 0.488 bits per heavy atom. The molecule has 2 nitrogen and oxygen atoms in total. The summed E-state index contributed by atoms with van der Waals surface area (Å²) in [6, 6.07) is 38.0. The van der Waals surface area contributed by atoms with Crippen LogP contribution < -0.4 is 10.4 Å². The number of rotatable bonds is 8. The van der Waals surface area contributed by atoms with Crippen LogP contribution in [-0.4, -0.2) is 21.8 Å². The van der Waals surface area contributed by atoms with Crippen LogP contribution in [-0.2, 0) is 8.85 Å². The summed E-state index contributed by atoms with van der Waals surface area (Å²) in [7, 11) is -3.24. The van der Waals surface area contributed by atoms with Gasteiger partial charge in [0.2, 0.25) is 0 Å². The Balaban J connectivity index is 1.62. The van der Waals surface area contributed by atoms with Crippen molar-refractivity contribution < 1.29 is 8.85 Å². The number of benzene rings is 2. The van der Waals surface area contributed by atoms with Crippen molar-refractivity contribution in [2.45, 2.75) is 27.7 Å². The summed E-state index contributed by atoms with van der Waals surface area (Å²) >= 11 is 12.5. The van der Waals surface area contributed by atoms with E-state index < -0.39 is 8.56 Å². The molecule has 4 aliphatic rings. The topological polar surface area (TPSA) is 18.5 Å². The minimum absolute atomic E-state index is 0.538. The summed E-state index contributed by atoms with van der Waals surface area (Å²) in [4.78, 5) is 0. The molecule has 5 heteroatoms. The molecule has 0 atom stereocenters. The molecular weight excluding hydrogens is 587 g/mol. The van der Waals surface area contributed by atoms with Gasteiger partial charge in [0.05, 0.1) is 0 Å². The molecule has 0 radical (unpaired) electrons. The van der Waals surface area contributed by atoms with Gasteiger partial charge < -0.3 is 8.85 Å². The van der Waals surface area contributed by atoms with E-state index >= 15 is 0 Å². The molecule has 0 aliphatic heterocycles. The van der Waals surface area contributed by atoms with Crippen molar-refractivity contribution in [2.75, 3.05) is 13.2 Å². The molecule has 0 saturated heterocycles. The van der Waals surface area contributed by atoms with Gasteiger partial charge in [0.1, 0.15) is 0 Å². The van der Waals surface area contributed by atoms with Crippen LogP contribution in [0.2, 0.25) is 10.0 Å². The molecule has 0 amide bonds. The number of halogens is 2. The quantitative estimate of drug-likeness (QED) is 0.158.